The van der Waals surface area contributed by atoms with Crippen molar-refractivity contribution in [1.29, 1.82) is 0 Å². The molecule has 0 radical (unpaired) electrons. The Labute approximate surface area is 69.6 Å². The SMILES string of the molecule is CCOCC(O)CC(C)CC. The summed E-state index contributed by atoms with van der Waals surface area (Å²) in [7, 11) is 0. The third kappa shape index (κ3) is 6.32. The molecule has 0 aromatic carbocycles. The van der Waals surface area contributed by atoms with Crippen LogP contribution in [-0.2, 0) is 4.74 Å². The lowest BCUT2D eigenvalue weighted by atomic mass is 10.0. The average Bonchev–Trinajstić information content (AvgIpc) is 2.00. The highest BCUT2D eigenvalue weighted by Crippen LogP contribution is 2.09. The van der Waals surface area contributed by atoms with Crippen molar-refractivity contribution >= 4 is 0 Å². The number of hydrogen-bond acceptors (Lipinski definition) is 2. The van der Waals surface area contributed by atoms with E-state index in [0.717, 1.165) is 12.8 Å². The topological polar surface area (TPSA) is 29.5 Å². The molecule has 0 aliphatic rings. The third-order valence-electron chi connectivity index (χ3n) is 1.89. The highest BCUT2D eigenvalue weighted by molar-refractivity contribution is 4.58. The molecule has 2 unspecified atom stereocenters. The Balaban J connectivity index is 3.27. The molecule has 0 aliphatic carbocycles. The summed E-state index contributed by atoms with van der Waals surface area (Å²) in [6.45, 7) is 7.40. The minimum atomic E-state index is -0.273. The van der Waals surface area contributed by atoms with E-state index >= 15 is 0 Å². The molecule has 0 saturated heterocycles. The van der Waals surface area contributed by atoms with E-state index in [9.17, 15) is 5.11 Å². The van der Waals surface area contributed by atoms with Crippen molar-refractivity contribution in [2.24, 2.45) is 5.92 Å². The first kappa shape index (κ1) is 10.9. The molecule has 0 aromatic heterocycles. The van der Waals surface area contributed by atoms with Crippen LogP contribution in [0.2, 0.25) is 0 Å². The summed E-state index contributed by atoms with van der Waals surface area (Å²) in [5.74, 6) is 0.602. The third-order valence-corrected chi connectivity index (χ3v) is 1.89. The van der Waals surface area contributed by atoms with E-state index in [0.29, 0.717) is 19.1 Å². The molecular formula is C9H20O2. The zero-order valence-corrected chi connectivity index (χ0v) is 7.84. The van der Waals surface area contributed by atoms with Crippen molar-refractivity contribution in [3.63, 3.8) is 0 Å². The summed E-state index contributed by atoms with van der Waals surface area (Å²) in [5.41, 5.74) is 0. The van der Waals surface area contributed by atoms with Crippen molar-refractivity contribution in [3.05, 3.63) is 0 Å². The molecule has 0 spiro atoms. The van der Waals surface area contributed by atoms with Crippen LogP contribution in [0.25, 0.3) is 0 Å². The molecule has 0 aliphatic heterocycles. The maximum absolute atomic E-state index is 9.36. The van der Waals surface area contributed by atoms with Crippen LogP contribution in [0.15, 0.2) is 0 Å². The van der Waals surface area contributed by atoms with Crippen LogP contribution in [0.5, 0.6) is 0 Å². The number of aliphatic hydroxyl groups is 1. The van der Waals surface area contributed by atoms with Crippen molar-refractivity contribution < 1.29 is 9.84 Å². The van der Waals surface area contributed by atoms with Gasteiger partial charge in [-0.25, -0.2) is 0 Å². The van der Waals surface area contributed by atoms with Crippen LogP contribution in [0.1, 0.15) is 33.6 Å². The molecule has 0 saturated carbocycles. The van der Waals surface area contributed by atoms with Crippen LogP contribution < -0.4 is 0 Å². The maximum atomic E-state index is 9.36. The van der Waals surface area contributed by atoms with Gasteiger partial charge in [0.25, 0.3) is 0 Å². The molecular weight excluding hydrogens is 140 g/mol. The summed E-state index contributed by atoms with van der Waals surface area (Å²) in [4.78, 5) is 0. The molecule has 0 heterocycles. The van der Waals surface area contributed by atoms with Crippen molar-refractivity contribution in [3.8, 4) is 0 Å². The van der Waals surface area contributed by atoms with E-state index in [1.54, 1.807) is 0 Å². The number of aliphatic hydroxyl groups excluding tert-OH is 1. The highest BCUT2D eigenvalue weighted by Gasteiger charge is 2.07. The fourth-order valence-corrected chi connectivity index (χ4v) is 0.953. The quantitative estimate of drug-likeness (QED) is 0.642. The van der Waals surface area contributed by atoms with E-state index in [4.69, 9.17) is 4.74 Å². The average molecular weight is 160 g/mol. The smallest absolute Gasteiger partial charge is 0.0776 e. The molecule has 2 atom stereocenters. The monoisotopic (exact) mass is 160 g/mol. The van der Waals surface area contributed by atoms with Crippen LogP contribution in [0.4, 0.5) is 0 Å². The predicted molar refractivity (Wildman–Crippen MR) is 46.6 cm³/mol. The van der Waals surface area contributed by atoms with E-state index in [1.165, 1.54) is 0 Å². The van der Waals surface area contributed by atoms with Gasteiger partial charge in [0.1, 0.15) is 0 Å². The van der Waals surface area contributed by atoms with Gasteiger partial charge in [-0.3, -0.25) is 0 Å². The Morgan fingerprint density at radius 1 is 1.36 bits per heavy atom. The zero-order chi connectivity index (χ0) is 8.69. The van der Waals surface area contributed by atoms with E-state index in [1.807, 2.05) is 6.92 Å². The van der Waals surface area contributed by atoms with Gasteiger partial charge >= 0.3 is 0 Å². The van der Waals surface area contributed by atoms with Gasteiger partial charge in [0.05, 0.1) is 12.7 Å². The van der Waals surface area contributed by atoms with Crippen molar-refractivity contribution in [2.45, 2.75) is 39.7 Å². The second kappa shape index (κ2) is 6.62. The number of hydrogen-bond donors (Lipinski definition) is 1. The van der Waals surface area contributed by atoms with E-state index < -0.39 is 0 Å². The van der Waals surface area contributed by atoms with Gasteiger partial charge < -0.3 is 9.84 Å². The Bertz CT molecular complexity index is 83.6. The molecule has 0 bridgehead atoms. The Kier molecular flexibility index (Phi) is 6.57. The van der Waals surface area contributed by atoms with Crippen molar-refractivity contribution in [2.75, 3.05) is 13.2 Å². The first-order valence-corrected chi connectivity index (χ1v) is 4.46. The number of rotatable bonds is 6. The minimum Gasteiger partial charge on any atom is -0.391 e. The Morgan fingerprint density at radius 3 is 2.45 bits per heavy atom. The maximum Gasteiger partial charge on any atom is 0.0776 e. The summed E-state index contributed by atoms with van der Waals surface area (Å²) >= 11 is 0. The zero-order valence-electron chi connectivity index (χ0n) is 7.84. The van der Waals surface area contributed by atoms with Crippen LogP contribution in [0, 0.1) is 5.92 Å². The summed E-state index contributed by atoms with van der Waals surface area (Å²) < 4.78 is 5.09. The van der Waals surface area contributed by atoms with E-state index in [2.05, 4.69) is 13.8 Å². The molecule has 0 aromatic rings. The predicted octanol–water partition coefficient (Wildman–Crippen LogP) is 1.82. The first-order valence-electron chi connectivity index (χ1n) is 4.46. The second-order valence-electron chi connectivity index (χ2n) is 3.06. The normalized spacial score (nSPS) is 16.4. The lowest BCUT2D eigenvalue weighted by Crippen LogP contribution is -2.18. The van der Waals surface area contributed by atoms with E-state index in [-0.39, 0.29) is 6.10 Å². The van der Waals surface area contributed by atoms with Gasteiger partial charge in [0.2, 0.25) is 0 Å². The van der Waals surface area contributed by atoms with Crippen molar-refractivity contribution in [1.82, 2.24) is 0 Å². The molecule has 0 rings (SSSR count). The summed E-state index contributed by atoms with van der Waals surface area (Å²) in [6, 6.07) is 0. The Morgan fingerprint density at radius 2 is 2.00 bits per heavy atom. The molecule has 2 heteroatoms. The van der Waals surface area contributed by atoms with Gasteiger partial charge in [0, 0.05) is 6.61 Å². The largest absolute Gasteiger partial charge is 0.391 e. The van der Waals surface area contributed by atoms with Gasteiger partial charge in [-0.2, -0.15) is 0 Å². The highest BCUT2D eigenvalue weighted by atomic mass is 16.5. The molecule has 0 fully saturated rings. The van der Waals surface area contributed by atoms with Crippen LogP contribution in [-0.4, -0.2) is 24.4 Å². The fourth-order valence-electron chi connectivity index (χ4n) is 0.953. The van der Waals surface area contributed by atoms with Gasteiger partial charge in [-0.05, 0) is 19.3 Å². The standard InChI is InChI=1S/C9H20O2/c1-4-8(3)6-9(10)7-11-5-2/h8-10H,4-7H2,1-3H3. The molecule has 2 nitrogen and oxygen atoms in total. The van der Waals surface area contributed by atoms with Crippen LogP contribution in [0.3, 0.4) is 0 Å². The second-order valence-corrected chi connectivity index (χ2v) is 3.06. The van der Waals surface area contributed by atoms with Gasteiger partial charge in [-0.1, -0.05) is 20.3 Å². The molecule has 1 N–H and O–H groups in total. The minimum absolute atomic E-state index is 0.273. The number of ether oxygens (including phenoxy) is 1. The summed E-state index contributed by atoms with van der Waals surface area (Å²) in [5, 5.41) is 9.36. The Hall–Kier alpha value is -0.0800. The lowest BCUT2D eigenvalue weighted by molar-refractivity contribution is 0.0302. The van der Waals surface area contributed by atoms with Gasteiger partial charge in [-0.15, -0.1) is 0 Å². The molecule has 11 heavy (non-hydrogen) atoms. The molecule has 0 amide bonds. The first-order chi connectivity index (χ1) is 5.20. The van der Waals surface area contributed by atoms with Crippen LogP contribution >= 0.6 is 0 Å². The van der Waals surface area contributed by atoms with Gasteiger partial charge in [0.15, 0.2) is 0 Å². The fraction of sp³-hybridized carbons (Fsp3) is 1.00. The lowest BCUT2D eigenvalue weighted by Gasteiger charge is -2.14. The summed E-state index contributed by atoms with van der Waals surface area (Å²) in [6.07, 6.45) is 1.71. The molecule has 68 valence electrons.